The molecular formula is C35H66N6O6S. The zero-order valence-corrected chi connectivity index (χ0v) is 31.0. The van der Waals surface area contributed by atoms with Crippen molar-refractivity contribution in [2.75, 3.05) is 84.7 Å². The first-order valence-electron chi connectivity index (χ1n) is 18.4. The van der Waals surface area contributed by atoms with Crippen LogP contribution in [0.25, 0.3) is 0 Å². The lowest BCUT2D eigenvalue weighted by molar-refractivity contribution is -0.122. The van der Waals surface area contributed by atoms with Crippen molar-refractivity contribution in [2.45, 2.75) is 108 Å². The van der Waals surface area contributed by atoms with Gasteiger partial charge in [-0.05, 0) is 71.4 Å². The minimum absolute atomic E-state index is 0.0649. The number of unbranched alkanes of at least 4 members (excludes halogenated alkanes) is 1. The molecule has 0 bridgehead atoms. The van der Waals surface area contributed by atoms with Gasteiger partial charge in [0.2, 0.25) is 11.8 Å². The Labute approximate surface area is 294 Å². The number of carbonyl (C=O) groups is 3. The third kappa shape index (κ3) is 18.1. The van der Waals surface area contributed by atoms with Gasteiger partial charge in [0.05, 0.1) is 38.0 Å². The number of hydrogen-bond acceptors (Lipinski definition) is 9. The van der Waals surface area contributed by atoms with Crippen molar-refractivity contribution in [1.29, 1.82) is 0 Å². The summed E-state index contributed by atoms with van der Waals surface area (Å²) in [5, 5.41) is 15.8. The maximum atomic E-state index is 12.1. The molecule has 5 N–H and O–H groups in total. The molecule has 0 aromatic heterocycles. The van der Waals surface area contributed by atoms with E-state index in [4.69, 9.17) is 14.2 Å². The van der Waals surface area contributed by atoms with Crippen molar-refractivity contribution >= 4 is 29.6 Å². The molecule has 4 amide bonds. The first-order valence-corrected chi connectivity index (χ1v) is 19.4. The van der Waals surface area contributed by atoms with E-state index in [0.29, 0.717) is 70.8 Å². The average Bonchev–Trinajstić information content (AvgIpc) is 3.51. The summed E-state index contributed by atoms with van der Waals surface area (Å²) < 4.78 is 16.7. The van der Waals surface area contributed by atoms with Gasteiger partial charge in [0.15, 0.2) is 0 Å². The molecule has 3 atom stereocenters. The Bertz CT molecular complexity index is 924. The molecule has 0 radical (unpaired) electrons. The number of carbonyl (C=O) groups excluding carboxylic acids is 3. The highest BCUT2D eigenvalue weighted by Crippen LogP contribution is 2.41. The fraction of sp³-hybridized carbons (Fsp3) is 0.857. The van der Waals surface area contributed by atoms with Crippen molar-refractivity contribution in [3.8, 4) is 0 Å². The molecule has 2 heterocycles. The van der Waals surface area contributed by atoms with Crippen LogP contribution in [0.4, 0.5) is 4.79 Å². The van der Waals surface area contributed by atoms with Gasteiger partial charge in [-0.1, -0.05) is 26.8 Å². The Morgan fingerprint density at radius 1 is 0.812 bits per heavy atom. The maximum absolute atomic E-state index is 12.1. The SMILES string of the molecule is C=C(CCCC(=O)NCCCOCCOCCOCCCNC(=O)CCCC[C@@H]1SC[C@@H]2NC(=O)N[C@@]21C)NCCN(CCC)CCC. The molecule has 2 aliphatic rings. The second kappa shape index (κ2) is 25.8. The predicted molar refractivity (Wildman–Crippen MR) is 194 cm³/mol. The fourth-order valence-corrected chi connectivity index (χ4v) is 7.77. The number of urea groups is 1. The largest absolute Gasteiger partial charge is 0.388 e. The Morgan fingerprint density at radius 2 is 1.40 bits per heavy atom. The Kier molecular flexibility index (Phi) is 22.7. The third-order valence-corrected chi connectivity index (χ3v) is 10.4. The monoisotopic (exact) mass is 698 g/mol. The lowest BCUT2D eigenvalue weighted by atomic mass is 9.88. The van der Waals surface area contributed by atoms with Gasteiger partial charge in [-0.25, -0.2) is 4.79 Å². The minimum Gasteiger partial charge on any atom is -0.388 e. The van der Waals surface area contributed by atoms with Gasteiger partial charge in [0, 0.05) is 68.9 Å². The van der Waals surface area contributed by atoms with Crippen molar-refractivity contribution in [1.82, 2.24) is 31.5 Å². The van der Waals surface area contributed by atoms with Gasteiger partial charge < -0.3 is 45.7 Å². The summed E-state index contributed by atoms with van der Waals surface area (Å²) in [7, 11) is 0. The molecule has 2 rings (SSSR count). The molecule has 0 saturated carbocycles. The van der Waals surface area contributed by atoms with Crippen LogP contribution in [0.2, 0.25) is 0 Å². The van der Waals surface area contributed by atoms with Crippen molar-refractivity contribution in [3.05, 3.63) is 12.3 Å². The maximum Gasteiger partial charge on any atom is 0.315 e. The van der Waals surface area contributed by atoms with E-state index < -0.39 is 0 Å². The number of allylic oxidation sites excluding steroid dienone is 1. The second-order valence-corrected chi connectivity index (χ2v) is 14.2. The molecule has 0 aromatic carbocycles. The molecular weight excluding hydrogens is 632 g/mol. The molecule has 2 aliphatic heterocycles. The van der Waals surface area contributed by atoms with Crippen LogP contribution >= 0.6 is 11.8 Å². The smallest absolute Gasteiger partial charge is 0.315 e. The molecule has 0 unspecified atom stereocenters. The van der Waals surface area contributed by atoms with E-state index >= 15 is 0 Å². The molecule has 0 aromatic rings. The Hall–Kier alpha value is -2.06. The number of nitrogens with one attached hydrogen (secondary N) is 5. The van der Waals surface area contributed by atoms with E-state index in [9.17, 15) is 14.4 Å². The van der Waals surface area contributed by atoms with E-state index in [1.54, 1.807) is 0 Å². The van der Waals surface area contributed by atoms with Gasteiger partial charge in [0.1, 0.15) is 0 Å². The van der Waals surface area contributed by atoms with Crippen molar-refractivity contribution in [2.24, 2.45) is 0 Å². The van der Waals surface area contributed by atoms with Gasteiger partial charge >= 0.3 is 6.03 Å². The van der Waals surface area contributed by atoms with Gasteiger partial charge in [-0.15, -0.1) is 0 Å². The highest BCUT2D eigenvalue weighted by atomic mass is 32.2. The van der Waals surface area contributed by atoms with Gasteiger partial charge in [0.25, 0.3) is 0 Å². The molecule has 0 spiro atoms. The average molecular weight is 699 g/mol. The number of amides is 4. The zero-order chi connectivity index (χ0) is 34.9. The van der Waals surface area contributed by atoms with Crippen LogP contribution in [-0.4, -0.2) is 124 Å². The summed E-state index contributed by atoms with van der Waals surface area (Å²) >= 11 is 1.91. The molecule has 278 valence electrons. The summed E-state index contributed by atoms with van der Waals surface area (Å²) in [5.74, 6) is 1.10. The van der Waals surface area contributed by atoms with E-state index in [1.807, 2.05) is 11.8 Å². The molecule has 2 saturated heterocycles. The van der Waals surface area contributed by atoms with E-state index in [-0.39, 0.29) is 29.4 Å². The van der Waals surface area contributed by atoms with Crippen LogP contribution in [0.5, 0.6) is 0 Å². The topological polar surface area (TPSA) is 142 Å². The molecule has 0 aliphatic carbocycles. The molecule has 12 nitrogen and oxygen atoms in total. The highest BCUT2D eigenvalue weighted by Gasteiger charge is 2.52. The Morgan fingerprint density at radius 3 is 2.00 bits per heavy atom. The van der Waals surface area contributed by atoms with Crippen LogP contribution in [0.15, 0.2) is 12.3 Å². The first-order chi connectivity index (χ1) is 23.3. The lowest BCUT2D eigenvalue weighted by Gasteiger charge is -2.29. The molecule has 2 fully saturated rings. The van der Waals surface area contributed by atoms with Crippen LogP contribution < -0.4 is 26.6 Å². The minimum atomic E-state index is -0.176. The van der Waals surface area contributed by atoms with Gasteiger partial charge in [-0.2, -0.15) is 11.8 Å². The summed E-state index contributed by atoms with van der Waals surface area (Å²) in [4.78, 5) is 38.3. The first kappa shape index (κ1) is 42.1. The number of hydrogen-bond donors (Lipinski definition) is 5. The van der Waals surface area contributed by atoms with Crippen molar-refractivity contribution in [3.63, 3.8) is 0 Å². The summed E-state index contributed by atoms with van der Waals surface area (Å²) in [5.41, 5.74) is 0.828. The zero-order valence-electron chi connectivity index (χ0n) is 30.1. The summed E-state index contributed by atoms with van der Waals surface area (Å²) in [6, 6.07) is 0.136. The van der Waals surface area contributed by atoms with Crippen LogP contribution in [0.3, 0.4) is 0 Å². The summed E-state index contributed by atoms with van der Waals surface area (Å²) in [6.45, 7) is 19.2. The van der Waals surface area contributed by atoms with E-state index in [2.05, 4.69) is 58.8 Å². The molecule has 13 heteroatoms. The van der Waals surface area contributed by atoms with Crippen molar-refractivity contribution < 1.29 is 28.6 Å². The number of rotatable bonds is 31. The number of thioether (sulfide) groups is 1. The number of fused-ring (bicyclic) bond motifs is 1. The number of nitrogens with zero attached hydrogens (tertiary/aromatic N) is 1. The fourth-order valence-electron chi connectivity index (χ4n) is 6.01. The van der Waals surface area contributed by atoms with Gasteiger partial charge in [-0.3, -0.25) is 9.59 Å². The van der Waals surface area contributed by atoms with Crippen LogP contribution in [0.1, 0.15) is 91.4 Å². The van der Waals surface area contributed by atoms with E-state index in [0.717, 1.165) is 82.6 Å². The standard InChI is InChI=1S/C35H66N6O6S/c1-5-19-41(20-6-2)21-18-36-29(3)12-9-15-33(43)38-17-11-23-46-25-27-47-26-24-45-22-10-16-37-32(42)14-8-7-13-31-35(4)30(28-48-31)39-34(44)40-35/h30-31,36H,3,5-28H2,1-2,4H3,(H,37,42)(H,38,43)(H2,39,40,44)/t30-,31-,35-/m0/s1. The van der Waals surface area contributed by atoms with Crippen LogP contribution in [-0.2, 0) is 23.8 Å². The van der Waals surface area contributed by atoms with Crippen LogP contribution in [0, 0.1) is 0 Å². The third-order valence-electron chi connectivity index (χ3n) is 8.75. The number of ether oxygens (including phenoxy) is 3. The quantitative estimate of drug-likeness (QED) is 0.0543. The predicted octanol–water partition coefficient (Wildman–Crippen LogP) is 3.56. The second-order valence-electron chi connectivity index (χ2n) is 13.0. The highest BCUT2D eigenvalue weighted by molar-refractivity contribution is 8.00. The normalized spacial score (nSPS) is 20.0. The Balaban J connectivity index is 1.27. The lowest BCUT2D eigenvalue weighted by Crippen LogP contribution is -2.50. The summed E-state index contributed by atoms with van der Waals surface area (Å²) in [6.07, 6.45) is 9.35. The van der Waals surface area contributed by atoms with E-state index in [1.165, 1.54) is 12.8 Å². The molecule has 48 heavy (non-hydrogen) atoms.